The fourth-order valence-electron chi connectivity index (χ4n) is 2.89. The Balaban J connectivity index is 1.99. The smallest absolute Gasteiger partial charge is 0.339 e. The monoisotopic (exact) mass is 334 g/mol. The molecule has 130 valence electrons. The molecule has 2 rings (SSSR count). The molecule has 1 aliphatic rings. The summed E-state index contributed by atoms with van der Waals surface area (Å²) in [4.78, 5) is 34.8. The van der Waals surface area contributed by atoms with Crippen molar-refractivity contribution in [2.75, 3.05) is 0 Å². The molecule has 1 unspecified atom stereocenters. The first-order chi connectivity index (χ1) is 11.4. The number of rotatable bonds is 5. The lowest BCUT2D eigenvalue weighted by Gasteiger charge is -2.24. The molecule has 24 heavy (non-hydrogen) atoms. The summed E-state index contributed by atoms with van der Waals surface area (Å²) in [6.07, 6.45) is 4.30. The maximum Gasteiger partial charge on any atom is 0.339 e. The van der Waals surface area contributed by atoms with Crippen molar-refractivity contribution in [2.45, 2.75) is 58.1 Å². The fraction of sp³-hybridized carbons (Fsp3) is 0.529. The third kappa shape index (κ3) is 4.31. The van der Waals surface area contributed by atoms with Gasteiger partial charge in [-0.15, -0.1) is 0 Å². The lowest BCUT2D eigenvalue weighted by molar-refractivity contribution is -0.385. The van der Waals surface area contributed by atoms with Crippen molar-refractivity contribution >= 4 is 17.6 Å². The second-order valence-electron chi connectivity index (χ2n) is 6.10. The van der Waals surface area contributed by atoms with Crippen LogP contribution in [0.5, 0.6) is 0 Å². The van der Waals surface area contributed by atoms with E-state index in [-0.39, 0.29) is 28.8 Å². The van der Waals surface area contributed by atoms with E-state index >= 15 is 0 Å². The SMILES string of the molecule is Cc1c(C(=O)OC(C)C(=O)NC2CCCCC2)cccc1[N+](=O)[O-]. The Morgan fingerprint density at radius 3 is 2.58 bits per heavy atom. The van der Waals surface area contributed by atoms with Gasteiger partial charge in [0.1, 0.15) is 0 Å². The molecule has 1 aromatic rings. The number of amides is 1. The van der Waals surface area contributed by atoms with Gasteiger partial charge in [0.15, 0.2) is 6.10 Å². The number of carbonyl (C=O) groups excluding carboxylic acids is 2. The molecule has 1 aliphatic carbocycles. The molecule has 0 saturated heterocycles. The molecular formula is C17H22N2O5. The Morgan fingerprint density at radius 1 is 1.29 bits per heavy atom. The molecule has 1 saturated carbocycles. The second kappa shape index (κ2) is 7.90. The van der Waals surface area contributed by atoms with Crippen molar-refractivity contribution in [3.05, 3.63) is 39.4 Å². The van der Waals surface area contributed by atoms with Crippen molar-refractivity contribution < 1.29 is 19.2 Å². The number of nitrogens with one attached hydrogen (secondary N) is 1. The average molecular weight is 334 g/mol. The zero-order valence-electron chi connectivity index (χ0n) is 13.9. The number of hydrogen-bond donors (Lipinski definition) is 1. The van der Waals surface area contributed by atoms with Gasteiger partial charge in [-0.1, -0.05) is 25.3 Å². The van der Waals surface area contributed by atoms with Gasteiger partial charge in [0.25, 0.3) is 11.6 Å². The number of carbonyl (C=O) groups is 2. The van der Waals surface area contributed by atoms with Gasteiger partial charge < -0.3 is 10.1 Å². The van der Waals surface area contributed by atoms with Crippen LogP contribution in [0.1, 0.15) is 54.9 Å². The molecule has 1 fully saturated rings. The van der Waals surface area contributed by atoms with Gasteiger partial charge in [-0.05, 0) is 32.8 Å². The van der Waals surface area contributed by atoms with E-state index in [0.717, 1.165) is 25.7 Å². The topological polar surface area (TPSA) is 98.5 Å². The van der Waals surface area contributed by atoms with Crippen LogP contribution in [0, 0.1) is 17.0 Å². The molecule has 0 bridgehead atoms. The van der Waals surface area contributed by atoms with Crippen molar-refractivity contribution in [3.63, 3.8) is 0 Å². The summed E-state index contributed by atoms with van der Waals surface area (Å²) >= 11 is 0. The van der Waals surface area contributed by atoms with Gasteiger partial charge in [-0.3, -0.25) is 14.9 Å². The minimum Gasteiger partial charge on any atom is -0.449 e. The van der Waals surface area contributed by atoms with E-state index < -0.39 is 17.0 Å². The van der Waals surface area contributed by atoms with E-state index in [2.05, 4.69) is 5.32 Å². The van der Waals surface area contributed by atoms with Crippen molar-refractivity contribution in [2.24, 2.45) is 0 Å². The van der Waals surface area contributed by atoms with Gasteiger partial charge >= 0.3 is 5.97 Å². The minimum atomic E-state index is -0.946. The highest BCUT2D eigenvalue weighted by atomic mass is 16.6. The predicted octanol–water partition coefficient (Wildman–Crippen LogP) is 2.90. The lowest BCUT2D eigenvalue weighted by atomic mass is 9.95. The molecule has 7 nitrogen and oxygen atoms in total. The number of nitro groups is 1. The van der Waals surface area contributed by atoms with E-state index in [1.165, 1.54) is 38.5 Å². The van der Waals surface area contributed by atoms with E-state index in [1.807, 2.05) is 0 Å². The van der Waals surface area contributed by atoms with Gasteiger partial charge in [-0.25, -0.2) is 4.79 Å². The van der Waals surface area contributed by atoms with Crippen LogP contribution in [0.2, 0.25) is 0 Å². The summed E-state index contributed by atoms with van der Waals surface area (Å²) in [6, 6.07) is 4.34. The van der Waals surface area contributed by atoms with Crippen LogP contribution in [-0.4, -0.2) is 28.9 Å². The molecule has 0 spiro atoms. The third-order valence-electron chi connectivity index (χ3n) is 4.33. The van der Waals surface area contributed by atoms with Crippen molar-refractivity contribution in [1.82, 2.24) is 5.32 Å². The van der Waals surface area contributed by atoms with Crippen LogP contribution in [0.3, 0.4) is 0 Å². The molecule has 1 amide bonds. The van der Waals surface area contributed by atoms with Gasteiger partial charge in [0.2, 0.25) is 0 Å². The van der Waals surface area contributed by atoms with Crippen molar-refractivity contribution in [3.8, 4) is 0 Å². The van der Waals surface area contributed by atoms with Crippen LogP contribution in [0.15, 0.2) is 18.2 Å². The van der Waals surface area contributed by atoms with Gasteiger partial charge in [0, 0.05) is 17.7 Å². The number of ether oxygens (including phenoxy) is 1. The summed E-state index contributed by atoms with van der Waals surface area (Å²) in [5.41, 5.74) is 0.178. The number of hydrogen-bond acceptors (Lipinski definition) is 5. The number of benzene rings is 1. The summed E-state index contributed by atoms with van der Waals surface area (Å²) in [7, 11) is 0. The summed E-state index contributed by atoms with van der Waals surface area (Å²) < 4.78 is 5.18. The van der Waals surface area contributed by atoms with Crippen molar-refractivity contribution in [1.29, 1.82) is 0 Å². The standard InChI is InChI=1S/C17H22N2O5/c1-11-14(9-6-10-15(11)19(22)23)17(21)24-12(2)16(20)18-13-7-4-3-5-8-13/h6,9-10,12-13H,3-5,7-8H2,1-2H3,(H,18,20). The highest BCUT2D eigenvalue weighted by Crippen LogP contribution is 2.22. The third-order valence-corrected chi connectivity index (χ3v) is 4.33. The van der Waals surface area contributed by atoms with Crippen LogP contribution in [0.25, 0.3) is 0 Å². The minimum absolute atomic E-state index is 0.0986. The number of nitrogens with zero attached hydrogens (tertiary/aromatic N) is 1. The maximum atomic E-state index is 12.2. The zero-order chi connectivity index (χ0) is 17.7. The Labute approximate surface area is 140 Å². The van der Waals surface area contributed by atoms with E-state index in [4.69, 9.17) is 4.74 Å². The Kier molecular flexibility index (Phi) is 5.89. The Hall–Kier alpha value is -2.44. The second-order valence-corrected chi connectivity index (χ2v) is 6.10. The number of nitro benzene ring substituents is 1. The molecule has 1 atom stereocenters. The number of esters is 1. The van der Waals surface area contributed by atoms with E-state index in [0.29, 0.717) is 0 Å². The molecule has 1 N–H and O–H groups in total. The molecular weight excluding hydrogens is 312 g/mol. The van der Waals surface area contributed by atoms with Crippen LogP contribution >= 0.6 is 0 Å². The Bertz CT molecular complexity index is 638. The molecule has 0 aromatic heterocycles. The van der Waals surface area contributed by atoms with Crippen LogP contribution in [-0.2, 0) is 9.53 Å². The highest BCUT2D eigenvalue weighted by molar-refractivity contribution is 5.94. The predicted molar refractivity (Wildman–Crippen MR) is 87.7 cm³/mol. The molecule has 0 radical (unpaired) electrons. The normalized spacial score (nSPS) is 16.2. The summed E-state index contributed by atoms with van der Waals surface area (Å²) in [5, 5.41) is 13.8. The Morgan fingerprint density at radius 2 is 1.96 bits per heavy atom. The van der Waals surface area contributed by atoms with Gasteiger partial charge in [0.05, 0.1) is 10.5 Å². The first-order valence-corrected chi connectivity index (χ1v) is 8.15. The first-order valence-electron chi connectivity index (χ1n) is 8.15. The summed E-state index contributed by atoms with van der Waals surface area (Å²) in [6.45, 7) is 2.99. The zero-order valence-corrected chi connectivity index (χ0v) is 13.9. The maximum absolute atomic E-state index is 12.2. The average Bonchev–Trinajstić information content (AvgIpc) is 2.55. The fourth-order valence-corrected chi connectivity index (χ4v) is 2.89. The first kappa shape index (κ1) is 17.9. The highest BCUT2D eigenvalue weighted by Gasteiger charge is 2.25. The molecule has 1 aromatic carbocycles. The molecule has 0 heterocycles. The van der Waals surface area contributed by atoms with Crippen LogP contribution < -0.4 is 5.32 Å². The molecule has 7 heteroatoms. The van der Waals surface area contributed by atoms with E-state index in [1.54, 1.807) is 0 Å². The molecule has 0 aliphatic heterocycles. The summed E-state index contributed by atoms with van der Waals surface area (Å²) in [5.74, 6) is -1.07. The quantitative estimate of drug-likeness (QED) is 0.507. The van der Waals surface area contributed by atoms with E-state index in [9.17, 15) is 19.7 Å². The largest absolute Gasteiger partial charge is 0.449 e. The van der Waals surface area contributed by atoms with Crippen LogP contribution in [0.4, 0.5) is 5.69 Å². The lowest BCUT2D eigenvalue weighted by Crippen LogP contribution is -2.42. The van der Waals surface area contributed by atoms with Gasteiger partial charge in [-0.2, -0.15) is 0 Å².